The molecule has 0 aliphatic carbocycles. The lowest BCUT2D eigenvalue weighted by atomic mass is 9.90. The zero-order chi connectivity index (χ0) is 28.2. The number of carbonyl (C=O) groups is 1. The normalized spacial score (nSPS) is 14.0. The van der Waals surface area contributed by atoms with Gasteiger partial charge in [-0.15, -0.1) is 0 Å². The molecule has 0 bridgehead atoms. The summed E-state index contributed by atoms with van der Waals surface area (Å²) in [6, 6.07) is 10.4. The Morgan fingerprint density at radius 3 is 2.45 bits per heavy atom. The van der Waals surface area contributed by atoms with Crippen molar-refractivity contribution < 1.29 is 9.18 Å². The van der Waals surface area contributed by atoms with Crippen LogP contribution >= 0.6 is 0 Å². The minimum Gasteiger partial charge on any atom is -0.366 e. The van der Waals surface area contributed by atoms with Gasteiger partial charge < -0.3 is 16.0 Å². The number of aryl methyl sites for hydroxylation is 2. The first-order valence-electron chi connectivity index (χ1n) is 13.0. The molecule has 10 heteroatoms. The molecule has 0 spiro atoms. The van der Waals surface area contributed by atoms with Crippen molar-refractivity contribution in [2.45, 2.75) is 13.5 Å². The summed E-state index contributed by atoms with van der Waals surface area (Å²) in [4.78, 5) is 25.5. The van der Waals surface area contributed by atoms with E-state index in [-0.39, 0.29) is 11.4 Å². The van der Waals surface area contributed by atoms with Crippen molar-refractivity contribution in [3.8, 4) is 23.0 Å². The van der Waals surface area contributed by atoms with E-state index in [1.165, 1.54) is 6.07 Å². The number of amides is 1. The topological polar surface area (TPSA) is 105 Å². The molecule has 2 aromatic heterocycles. The number of primary amides is 1. The molecule has 9 nitrogen and oxygen atoms in total. The molecule has 2 aromatic carbocycles. The first-order chi connectivity index (χ1) is 19.3. The maximum Gasteiger partial charge on any atom is 0.249 e. The number of carbonyl (C=O) groups excluding carboxylic acids is 1. The average Bonchev–Trinajstić information content (AvgIpc) is 3.35. The smallest absolute Gasteiger partial charge is 0.249 e. The number of aromatic nitrogens is 4. The van der Waals surface area contributed by atoms with Crippen molar-refractivity contribution in [1.82, 2.24) is 29.5 Å². The fourth-order valence-corrected chi connectivity index (χ4v) is 4.64. The van der Waals surface area contributed by atoms with Crippen LogP contribution in [0.3, 0.4) is 0 Å². The van der Waals surface area contributed by atoms with E-state index in [1.54, 1.807) is 35.3 Å². The van der Waals surface area contributed by atoms with Gasteiger partial charge in [-0.25, -0.2) is 14.4 Å². The summed E-state index contributed by atoms with van der Waals surface area (Å²) in [6.45, 7) is 6.14. The van der Waals surface area contributed by atoms with Crippen LogP contribution in [0, 0.1) is 24.6 Å². The Morgan fingerprint density at radius 1 is 1.05 bits per heavy atom. The Bertz CT molecular complexity index is 1590. The third kappa shape index (κ3) is 6.17. The van der Waals surface area contributed by atoms with Crippen LogP contribution < -0.4 is 11.1 Å². The maximum atomic E-state index is 15.4. The van der Waals surface area contributed by atoms with E-state index in [0.717, 1.165) is 31.7 Å². The number of nitrogens with one attached hydrogen (secondary N) is 1. The molecule has 0 unspecified atom stereocenters. The monoisotopic (exact) mass is 538 g/mol. The minimum atomic E-state index is -0.603. The molecule has 3 N–H and O–H groups in total. The molecule has 5 rings (SSSR count). The molecule has 0 atom stereocenters. The Hall–Kier alpha value is -4.59. The lowest BCUT2D eigenvalue weighted by Gasteiger charge is -2.32. The third-order valence-electron chi connectivity index (χ3n) is 6.95. The highest BCUT2D eigenvalue weighted by atomic mass is 19.1. The van der Waals surface area contributed by atoms with Gasteiger partial charge in [-0.3, -0.25) is 14.4 Å². The number of benzene rings is 2. The van der Waals surface area contributed by atoms with E-state index in [1.807, 2.05) is 32.3 Å². The second kappa shape index (κ2) is 11.7. The summed E-state index contributed by atoms with van der Waals surface area (Å²) >= 11 is 0. The molecule has 1 saturated heterocycles. The van der Waals surface area contributed by atoms with Crippen LogP contribution in [0.4, 0.5) is 16.2 Å². The quantitative estimate of drug-likeness (QED) is 0.363. The molecule has 204 valence electrons. The summed E-state index contributed by atoms with van der Waals surface area (Å²) in [6.07, 6.45) is 5.02. The lowest BCUT2D eigenvalue weighted by molar-refractivity contribution is 0.100. The molecule has 1 fully saturated rings. The first kappa shape index (κ1) is 27.0. The van der Waals surface area contributed by atoms with Gasteiger partial charge in [-0.1, -0.05) is 30.0 Å². The number of anilines is 2. The van der Waals surface area contributed by atoms with E-state index >= 15 is 4.39 Å². The molecule has 0 radical (unpaired) electrons. The summed E-state index contributed by atoms with van der Waals surface area (Å²) in [5, 5.41) is 7.28. The minimum absolute atomic E-state index is 0.285. The van der Waals surface area contributed by atoms with Gasteiger partial charge in [0.25, 0.3) is 0 Å². The Kier molecular flexibility index (Phi) is 7.86. The Morgan fingerprint density at radius 2 is 1.80 bits per heavy atom. The largest absolute Gasteiger partial charge is 0.366 e. The molecule has 1 aliphatic rings. The van der Waals surface area contributed by atoms with Crippen LogP contribution in [0.25, 0.3) is 11.1 Å². The van der Waals surface area contributed by atoms with Crippen molar-refractivity contribution in [2.75, 3.05) is 38.5 Å². The van der Waals surface area contributed by atoms with Crippen molar-refractivity contribution >= 4 is 17.7 Å². The van der Waals surface area contributed by atoms with Crippen molar-refractivity contribution in [3.05, 3.63) is 88.6 Å². The second-order valence-corrected chi connectivity index (χ2v) is 9.97. The number of nitrogens with zero attached hydrogens (tertiary/aromatic N) is 6. The number of hydrogen-bond donors (Lipinski definition) is 2. The number of hydrogen-bond acceptors (Lipinski definition) is 7. The highest BCUT2D eigenvalue weighted by Crippen LogP contribution is 2.31. The highest BCUT2D eigenvalue weighted by Gasteiger charge is 2.19. The van der Waals surface area contributed by atoms with Gasteiger partial charge in [0.15, 0.2) is 5.82 Å². The van der Waals surface area contributed by atoms with Gasteiger partial charge in [0, 0.05) is 86.7 Å². The molecular formula is C30H31FN8O. The second-order valence-electron chi connectivity index (χ2n) is 9.97. The Balaban J connectivity index is 1.44. The van der Waals surface area contributed by atoms with Crippen LogP contribution in [0.2, 0.25) is 0 Å². The van der Waals surface area contributed by atoms with E-state index in [4.69, 9.17) is 5.73 Å². The fraction of sp³-hybridized carbons (Fsp3) is 0.267. The summed E-state index contributed by atoms with van der Waals surface area (Å²) in [5.74, 6) is 6.33. The predicted molar refractivity (Wildman–Crippen MR) is 152 cm³/mol. The van der Waals surface area contributed by atoms with Gasteiger partial charge in [0.1, 0.15) is 5.82 Å². The van der Waals surface area contributed by atoms with Gasteiger partial charge in [0.2, 0.25) is 11.9 Å². The van der Waals surface area contributed by atoms with Crippen LogP contribution in [-0.2, 0) is 13.6 Å². The van der Waals surface area contributed by atoms with Crippen LogP contribution in [-0.4, -0.2) is 68.7 Å². The molecule has 40 heavy (non-hydrogen) atoms. The van der Waals surface area contributed by atoms with E-state index in [9.17, 15) is 4.79 Å². The van der Waals surface area contributed by atoms with Gasteiger partial charge >= 0.3 is 0 Å². The molecular weight excluding hydrogens is 507 g/mol. The molecule has 3 heterocycles. The highest BCUT2D eigenvalue weighted by molar-refractivity contribution is 6.01. The number of halogens is 1. The summed E-state index contributed by atoms with van der Waals surface area (Å²) in [7, 11) is 3.92. The van der Waals surface area contributed by atoms with Crippen molar-refractivity contribution in [2.24, 2.45) is 12.8 Å². The van der Waals surface area contributed by atoms with Crippen molar-refractivity contribution in [3.63, 3.8) is 0 Å². The summed E-state index contributed by atoms with van der Waals surface area (Å²) in [5.41, 5.74) is 9.71. The Labute approximate surface area is 232 Å². The third-order valence-corrected chi connectivity index (χ3v) is 6.95. The SMILES string of the molecule is Cc1ccc(C(N)=O)c(-c2ccc(CN3CCN(C)CC3)c(F)c2)c1C#Cc1cnc(Nc2ccn(C)n2)nc1. The van der Waals surface area contributed by atoms with E-state index < -0.39 is 5.91 Å². The van der Waals surface area contributed by atoms with E-state index in [2.05, 4.69) is 49.1 Å². The predicted octanol–water partition coefficient (Wildman–Crippen LogP) is 3.31. The van der Waals surface area contributed by atoms with E-state index in [0.29, 0.717) is 46.1 Å². The van der Waals surface area contributed by atoms with Crippen LogP contribution in [0.15, 0.2) is 55.0 Å². The molecule has 1 amide bonds. The van der Waals surface area contributed by atoms with Gasteiger partial charge in [0.05, 0.1) is 5.56 Å². The lowest BCUT2D eigenvalue weighted by Crippen LogP contribution is -2.44. The molecule has 4 aromatic rings. The van der Waals surface area contributed by atoms with Gasteiger partial charge in [-0.2, -0.15) is 5.10 Å². The number of rotatable bonds is 6. The van der Waals surface area contributed by atoms with Crippen LogP contribution in [0.1, 0.15) is 32.6 Å². The number of piperazine rings is 1. The first-order valence-corrected chi connectivity index (χ1v) is 13.0. The number of nitrogens with two attached hydrogens (primary N) is 1. The zero-order valence-electron chi connectivity index (χ0n) is 22.8. The fourth-order valence-electron chi connectivity index (χ4n) is 4.64. The van der Waals surface area contributed by atoms with Crippen molar-refractivity contribution in [1.29, 1.82) is 0 Å². The maximum absolute atomic E-state index is 15.4. The average molecular weight is 539 g/mol. The van der Waals surface area contributed by atoms with Gasteiger partial charge in [-0.05, 0) is 37.2 Å². The summed E-state index contributed by atoms with van der Waals surface area (Å²) < 4.78 is 17.0. The van der Waals surface area contributed by atoms with Crippen LogP contribution in [0.5, 0.6) is 0 Å². The standard InChI is InChI=1S/C30H31FN8O/c1-20-4-8-25(29(32)40)28(22-6-7-23(26(31)16-22)19-39-14-12-37(2)13-15-39)24(20)9-5-21-17-33-30(34-18-21)35-27-10-11-38(3)36-27/h4,6-8,10-11,16-18H,12-15,19H2,1-3H3,(H2,32,40)(H,33,34,35,36). The molecule has 1 aliphatic heterocycles. The zero-order valence-corrected chi connectivity index (χ0v) is 22.8. The number of likely N-dealkylation sites (N-methyl/N-ethyl adjacent to an activating group) is 1. The molecule has 0 saturated carbocycles.